The molecule has 0 radical (unpaired) electrons. The molecule has 1 atom stereocenters. The van der Waals surface area contributed by atoms with Crippen LogP contribution in [0.3, 0.4) is 0 Å². The lowest BCUT2D eigenvalue weighted by Crippen LogP contribution is -2.32. The normalized spacial score (nSPS) is 11.6. The van der Waals surface area contributed by atoms with Crippen LogP contribution in [0.25, 0.3) is 0 Å². The van der Waals surface area contributed by atoms with Gasteiger partial charge in [0.15, 0.2) is 6.73 Å². The van der Waals surface area contributed by atoms with E-state index in [1.807, 2.05) is 42.5 Å². The first kappa shape index (κ1) is 17.9. The van der Waals surface area contributed by atoms with Crippen molar-refractivity contribution in [2.45, 2.75) is 39.5 Å². The van der Waals surface area contributed by atoms with Crippen molar-refractivity contribution in [2.24, 2.45) is 0 Å². The second-order valence-electron chi connectivity index (χ2n) is 5.78. The summed E-state index contributed by atoms with van der Waals surface area (Å²) in [7, 11) is 0. The van der Waals surface area contributed by atoms with E-state index < -0.39 is 0 Å². The number of nitrogens with one attached hydrogen (secondary N) is 2. The summed E-state index contributed by atoms with van der Waals surface area (Å²) in [5, 5.41) is 5.65. The van der Waals surface area contributed by atoms with Crippen molar-refractivity contribution in [3.63, 3.8) is 0 Å². The van der Waals surface area contributed by atoms with E-state index >= 15 is 0 Å². The molecule has 4 heteroatoms. The largest absolute Gasteiger partial charge is 0.473 e. The monoisotopic (exact) mass is 326 g/mol. The summed E-state index contributed by atoms with van der Waals surface area (Å²) in [6, 6.07) is 15.5. The molecule has 4 nitrogen and oxygen atoms in total. The van der Waals surface area contributed by atoms with Gasteiger partial charge in [0.05, 0.1) is 0 Å². The summed E-state index contributed by atoms with van der Waals surface area (Å²) < 4.78 is 5.66. The van der Waals surface area contributed by atoms with Gasteiger partial charge in [-0.3, -0.25) is 0 Å². The van der Waals surface area contributed by atoms with E-state index in [-0.39, 0.29) is 12.8 Å². The number of hydrogen-bond donors (Lipinski definition) is 2. The van der Waals surface area contributed by atoms with Crippen molar-refractivity contribution in [3.05, 3.63) is 59.7 Å². The molecule has 2 aromatic rings. The van der Waals surface area contributed by atoms with Gasteiger partial charge in [0.1, 0.15) is 5.75 Å². The van der Waals surface area contributed by atoms with E-state index in [4.69, 9.17) is 4.74 Å². The zero-order valence-electron chi connectivity index (χ0n) is 14.6. The van der Waals surface area contributed by atoms with Gasteiger partial charge in [0.2, 0.25) is 0 Å². The van der Waals surface area contributed by atoms with Crippen LogP contribution in [0.15, 0.2) is 48.5 Å². The summed E-state index contributed by atoms with van der Waals surface area (Å²) in [5.74, 6) is 1.20. The first-order valence-corrected chi connectivity index (χ1v) is 8.50. The van der Waals surface area contributed by atoms with Crippen molar-refractivity contribution >= 4 is 11.7 Å². The van der Waals surface area contributed by atoms with Gasteiger partial charge < -0.3 is 15.4 Å². The summed E-state index contributed by atoms with van der Waals surface area (Å²) >= 11 is 0. The smallest absolute Gasteiger partial charge is 0.321 e. The maximum absolute atomic E-state index is 12.1. The van der Waals surface area contributed by atoms with Gasteiger partial charge in [0, 0.05) is 5.69 Å². The predicted octanol–water partition coefficient (Wildman–Crippen LogP) is 4.92. The minimum Gasteiger partial charge on any atom is -0.473 e. The average molecular weight is 326 g/mol. The Kier molecular flexibility index (Phi) is 6.67. The van der Waals surface area contributed by atoms with E-state index in [1.165, 1.54) is 0 Å². The molecule has 24 heavy (non-hydrogen) atoms. The van der Waals surface area contributed by atoms with Crippen LogP contribution in [0.4, 0.5) is 10.5 Å². The fourth-order valence-corrected chi connectivity index (χ4v) is 2.54. The third kappa shape index (κ3) is 4.75. The zero-order valence-corrected chi connectivity index (χ0v) is 14.6. The predicted molar refractivity (Wildman–Crippen MR) is 98.6 cm³/mol. The highest BCUT2D eigenvalue weighted by Gasteiger charge is 2.10. The van der Waals surface area contributed by atoms with Gasteiger partial charge >= 0.3 is 6.03 Å². The van der Waals surface area contributed by atoms with Crippen molar-refractivity contribution in [2.75, 3.05) is 12.0 Å². The Morgan fingerprint density at radius 1 is 1.08 bits per heavy atom. The van der Waals surface area contributed by atoms with Crippen LogP contribution in [-0.2, 0) is 6.42 Å². The van der Waals surface area contributed by atoms with E-state index in [2.05, 4.69) is 37.5 Å². The van der Waals surface area contributed by atoms with Crippen LogP contribution in [0.2, 0.25) is 0 Å². The van der Waals surface area contributed by atoms with Crippen molar-refractivity contribution in [1.29, 1.82) is 0 Å². The molecule has 2 aromatic carbocycles. The summed E-state index contributed by atoms with van der Waals surface area (Å²) in [4.78, 5) is 12.1. The molecule has 0 aliphatic heterocycles. The number of urea groups is 1. The molecular formula is C20H26N2O2. The Morgan fingerprint density at radius 3 is 2.54 bits per heavy atom. The third-order valence-corrected chi connectivity index (χ3v) is 4.17. The Balaban J connectivity index is 1.90. The van der Waals surface area contributed by atoms with Crippen LogP contribution >= 0.6 is 0 Å². The van der Waals surface area contributed by atoms with Crippen LogP contribution in [0.5, 0.6) is 5.75 Å². The van der Waals surface area contributed by atoms with E-state index in [0.717, 1.165) is 35.4 Å². The highest BCUT2D eigenvalue weighted by atomic mass is 16.5. The highest BCUT2D eigenvalue weighted by Crippen LogP contribution is 2.26. The lowest BCUT2D eigenvalue weighted by atomic mass is 9.97. The molecule has 2 rings (SSSR count). The number of aryl methyl sites for hydroxylation is 1. The number of amides is 2. The summed E-state index contributed by atoms with van der Waals surface area (Å²) in [6.07, 6.45) is 1.92. The van der Waals surface area contributed by atoms with Gasteiger partial charge in [-0.15, -0.1) is 0 Å². The number of para-hydroxylation sites is 2. The third-order valence-electron chi connectivity index (χ3n) is 4.17. The van der Waals surface area contributed by atoms with Gasteiger partial charge in [-0.05, 0) is 42.0 Å². The fourth-order valence-electron chi connectivity index (χ4n) is 2.54. The molecule has 0 aromatic heterocycles. The second kappa shape index (κ2) is 8.96. The van der Waals surface area contributed by atoms with Crippen molar-refractivity contribution in [1.82, 2.24) is 5.32 Å². The molecule has 1 unspecified atom stereocenters. The molecule has 0 saturated carbocycles. The lowest BCUT2D eigenvalue weighted by Gasteiger charge is -2.16. The molecule has 0 aliphatic rings. The first-order valence-electron chi connectivity index (χ1n) is 8.50. The van der Waals surface area contributed by atoms with Gasteiger partial charge in [0.25, 0.3) is 0 Å². The number of anilines is 1. The minimum absolute atomic E-state index is 0.133. The SMILES string of the molecule is CCc1ccccc1OCNC(=O)Nc1ccccc1C(C)CC. The van der Waals surface area contributed by atoms with Gasteiger partial charge in [-0.2, -0.15) is 0 Å². The van der Waals surface area contributed by atoms with E-state index in [9.17, 15) is 4.79 Å². The van der Waals surface area contributed by atoms with Crippen LogP contribution < -0.4 is 15.4 Å². The summed E-state index contributed by atoms with van der Waals surface area (Å²) in [6.45, 7) is 6.51. The van der Waals surface area contributed by atoms with Crippen molar-refractivity contribution < 1.29 is 9.53 Å². The molecule has 2 N–H and O–H groups in total. The van der Waals surface area contributed by atoms with Crippen LogP contribution in [0.1, 0.15) is 44.2 Å². The average Bonchev–Trinajstić information content (AvgIpc) is 2.62. The van der Waals surface area contributed by atoms with Crippen LogP contribution in [-0.4, -0.2) is 12.8 Å². The van der Waals surface area contributed by atoms with Crippen molar-refractivity contribution in [3.8, 4) is 5.75 Å². The second-order valence-corrected chi connectivity index (χ2v) is 5.78. The number of carbonyl (C=O) groups is 1. The molecule has 2 amide bonds. The Hall–Kier alpha value is -2.49. The number of carbonyl (C=O) groups excluding carboxylic acids is 1. The molecule has 0 saturated heterocycles. The summed E-state index contributed by atoms with van der Waals surface area (Å²) in [5.41, 5.74) is 3.12. The molecule has 0 aliphatic carbocycles. The molecule has 0 fully saturated rings. The number of hydrogen-bond acceptors (Lipinski definition) is 2. The minimum atomic E-state index is -0.264. The quantitative estimate of drug-likeness (QED) is 0.710. The number of ether oxygens (including phenoxy) is 1. The molecule has 0 heterocycles. The molecule has 0 spiro atoms. The maximum atomic E-state index is 12.1. The molecule has 0 bridgehead atoms. The molecular weight excluding hydrogens is 300 g/mol. The Labute approximate surface area is 144 Å². The molecule has 128 valence electrons. The highest BCUT2D eigenvalue weighted by molar-refractivity contribution is 5.90. The topological polar surface area (TPSA) is 50.4 Å². The van der Waals surface area contributed by atoms with Gasteiger partial charge in [-0.25, -0.2) is 4.79 Å². The van der Waals surface area contributed by atoms with Crippen LogP contribution in [0, 0.1) is 0 Å². The number of benzene rings is 2. The maximum Gasteiger partial charge on any atom is 0.321 e. The first-order chi connectivity index (χ1) is 11.7. The Bertz CT molecular complexity index is 670. The fraction of sp³-hybridized carbons (Fsp3) is 0.350. The Morgan fingerprint density at radius 2 is 1.79 bits per heavy atom. The van der Waals surface area contributed by atoms with E-state index in [1.54, 1.807) is 0 Å². The van der Waals surface area contributed by atoms with E-state index in [0.29, 0.717) is 5.92 Å². The zero-order chi connectivity index (χ0) is 17.4. The van der Waals surface area contributed by atoms with Gasteiger partial charge in [-0.1, -0.05) is 57.2 Å². The lowest BCUT2D eigenvalue weighted by molar-refractivity contribution is 0.234. The number of rotatable bonds is 7. The standard InChI is InChI=1S/C20H26N2O2/c1-4-15(3)17-11-7-8-12-18(17)22-20(23)21-14-24-19-13-9-6-10-16(19)5-2/h6-13,15H,4-5,14H2,1-3H3,(H2,21,22,23).